The summed E-state index contributed by atoms with van der Waals surface area (Å²) in [6, 6.07) is 1.22. The minimum Gasteiger partial charge on any atom is -0.326 e. The van der Waals surface area contributed by atoms with Crippen molar-refractivity contribution in [1.82, 2.24) is 4.90 Å². The molecule has 0 bridgehead atoms. The molecule has 0 spiro atoms. The van der Waals surface area contributed by atoms with Gasteiger partial charge in [-0.2, -0.15) is 0 Å². The summed E-state index contributed by atoms with van der Waals surface area (Å²) in [7, 11) is 0. The second kappa shape index (κ2) is 3.49. The summed E-state index contributed by atoms with van der Waals surface area (Å²) in [4.78, 5) is 2.71. The van der Waals surface area contributed by atoms with Crippen LogP contribution < -0.4 is 5.73 Å². The quantitative estimate of drug-likeness (QED) is 0.687. The predicted octanol–water partition coefficient (Wildman–Crippen LogP) is 1.60. The largest absolute Gasteiger partial charge is 0.326 e. The topological polar surface area (TPSA) is 29.3 Å². The summed E-state index contributed by atoms with van der Waals surface area (Å²) >= 11 is 0. The van der Waals surface area contributed by atoms with E-state index in [0.717, 1.165) is 17.9 Å². The second-order valence-electron chi connectivity index (χ2n) is 5.57. The van der Waals surface area contributed by atoms with Crippen molar-refractivity contribution < 1.29 is 0 Å². The van der Waals surface area contributed by atoms with Gasteiger partial charge in [0.15, 0.2) is 0 Å². The number of nitrogens with zero attached hydrogens (tertiary/aromatic N) is 1. The molecule has 0 amide bonds. The molecule has 0 aromatic heterocycles. The minimum absolute atomic E-state index is 0.480. The molecule has 3 rings (SSSR count). The molecule has 0 radical (unpaired) electrons. The first kappa shape index (κ1) is 9.17. The second-order valence-corrected chi connectivity index (χ2v) is 5.57. The molecule has 4 atom stereocenters. The maximum atomic E-state index is 6.17. The van der Waals surface area contributed by atoms with Crippen LogP contribution in [0.15, 0.2) is 0 Å². The molecule has 80 valence electrons. The van der Waals surface area contributed by atoms with E-state index >= 15 is 0 Å². The number of hydrogen-bond donors (Lipinski definition) is 1. The van der Waals surface area contributed by atoms with E-state index in [1.54, 1.807) is 0 Å². The van der Waals surface area contributed by atoms with E-state index in [1.807, 2.05) is 0 Å². The van der Waals surface area contributed by atoms with Crippen LogP contribution >= 0.6 is 0 Å². The average Bonchev–Trinajstić information content (AvgIpc) is 2.75. The van der Waals surface area contributed by atoms with Gasteiger partial charge in [0.05, 0.1) is 0 Å². The molecule has 1 heterocycles. The van der Waals surface area contributed by atoms with Gasteiger partial charge in [-0.1, -0.05) is 12.8 Å². The molecule has 2 N–H and O–H groups in total. The van der Waals surface area contributed by atoms with Crippen LogP contribution in [0.1, 0.15) is 38.5 Å². The highest BCUT2D eigenvalue weighted by Crippen LogP contribution is 2.40. The Labute approximate surface area is 86.8 Å². The maximum Gasteiger partial charge on any atom is 0.0247 e. The van der Waals surface area contributed by atoms with Crippen molar-refractivity contribution in [2.75, 3.05) is 13.1 Å². The Morgan fingerprint density at radius 2 is 1.50 bits per heavy atom. The predicted molar refractivity (Wildman–Crippen MR) is 58.0 cm³/mol. The number of hydrogen-bond acceptors (Lipinski definition) is 2. The number of nitrogens with two attached hydrogens (primary N) is 1. The molecule has 14 heavy (non-hydrogen) atoms. The van der Waals surface area contributed by atoms with Crippen molar-refractivity contribution in [2.45, 2.75) is 50.6 Å². The fourth-order valence-electron chi connectivity index (χ4n) is 3.96. The van der Waals surface area contributed by atoms with Gasteiger partial charge < -0.3 is 5.73 Å². The fraction of sp³-hybridized carbons (Fsp3) is 1.00. The zero-order valence-corrected chi connectivity index (χ0v) is 8.99. The molecule has 1 aliphatic heterocycles. The molecule has 1 saturated heterocycles. The van der Waals surface area contributed by atoms with Gasteiger partial charge in [-0.25, -0.2) is 0 Å². The summed E-state index contributed by atoms with van der Waals surface area (Å²) in [6.45, 7) is 2.73. The van der Waals surface area contributed by atoms with Crippen molar-refractivity contribution in [3.63, 3.8) is 0 Å². The highest BCUT2D eigenvalue weighted by molar-refractivity contribution is 4.96. The van der Waals surface area contributed by atoms with Gasteiger partial charge in [-0.3, -0.25) is 4.90 Å². The molecule has 2 aliphatic carbocycles. The van der Waals surface area contributed by atoms with Gasteiger partial charge in [-0.05, 0) is 37.5 Å². The van der Waals surface area contributed by atoms with Crippen molar-refractivity contribution in [3.05, 3.63) is 0 Å². The van der Waals surface area contributed by atoms with Gasteiger partial charge in [0.25, 0.3) is 0 Å². The van der Waals surface area contributed by atoms with Crippen LogP contribution in [0.3, 0.4) is 0 Å². The Morgan fingerprint density at radius 1 is 0.857 bits per heavy atom. The smallest absolute Gasteiger partial charge is 0.0247 e. The van der Waals surface area contributed by atoms with E-state index in [2.05, 4.69) is 4.90 Å². The zero-order valence-electron chi connectivity index (χ0n) is 8.99. The Bertz CT molecular complexity index is 204. The first-order chi connectivity index (χ1) is 6.84. The monoisotopic (exact) mass is 194 g/mol. The molecule has 2 saturated carbocycles. The SMILES string of the molecule is NC1CCCC1N1CC2CCCC2C1. The standard InChI is InChI=1S/C12H22N2/c13-11-5-2-6-12(11)14-7-9-3-1-4-10(9)8-14/h9-12H,1-8,13H2. The summed E-state index contributed by atoms with van der Waals surface area (Å²) in [5.41, 5.74) is 6.17. The molecule has 0 aromatic carbocycles. The fourth-order valence-corrected chi connectivity index (χ4v) is 3.96. The van der Waals surface area contributed by atoms with Crippen LogP contribution in [0.25, 0.3) is 0 Å². The lowest BCUT2D eigenvalue weighted by Crippen LogP contribution is -2.43. The lowest BCUT2D eigenvalue weighted by atomic mass is 10.0. The van der Waals surface area contributed by atoms with Crippen molar-refractivity contribution in [1.29, 1.82) is 0 Å². The number of rotatable bonds is 1. The van der Waals surface area contributed by atoms with Crippen LogP contribution in [0.4, 0.5) is 0 Å². The van der Waals surface area contributed by atoms with Gasteiger partial charge in [-0.15, -0.1) is 0 Å². The molecule has 0 aromatic rings. The third-order valence-electron chi connectivity index (χ3n) is 4.76. The van der Waals surface area contributed by atoms with E-state index in [4.69, 9.17) is 5.73 Å². The minimum atomic E-state index is 0.480. The van der Waals surface area contributed by atoms with Gasteiger partial charge in [0.2, 0.25) is 0 Å². The Kier molecular flexibility index (Phi) is 2.29. The van der Waals surface area contributed by atoms with Crippen molar-refractivity contribution in [3.8, 4) is 0 Å². The number of likely N-dealkylation sites (tertiary alicyclic amines) is 1. The Morgan fingerprint density at radius 3 is 2.07 bits per heavy atom. The molecular formula is C12H22N2. The Balaban J connectivity index is 1.65. The normalized spacial score (nSPS) is 48.6. The van der Waals surface area contributed by atoms with E-state index in [1.165, 1.54) is 51.6 Å². The van der Waals surface area contributed by atoms with E-state index < -0.39 is 0 Å². The third-order valence-corrected chi connectivity index (χ3v) is 4.76. The van der Waals surface area contributed by atoms with Crippen molar-refractivity contribution >= 4 is 0 Å². The zero-order chi connectivity index (χ0) is 9.54. The van der Waals surface area contributed by atoms with E-state index in [9.17, 15) is 0 Å². The molecule has 2 heteroatoms. The van der Waals surface area contributed by atoms with Gasteiger partial charge in [0.1, 0.15) is 0 Å². The summed E-state index contributed by atoms with van der Waals surface area (Å²) < 4.78 is 0. The van der Waals surface area contributed by atoms with E-state index in [0.29, 0.717) is 6.04 Å². The van der Waals surface area contributed by atoms with E-state index in [-0.39, 0.29) is 0 Å². The molecular weight excluding hydrogens is 172 g/mol. The van der Waals surface area contributed by atoms with Crippen molar-refractivity contribution in [2.24, 2.45) is 17.6 Å². The third kappa shape index (κ3) is 1.40. The highest BCUT2D eigenvalue weighted by atomic mass is 15.2. The van der Waals surface area contributed by atoms with Crippen LogP contribution in [-0.4, -0.2) is 30.1 Å². The first-order valence-corrected chi connectivity index (χ1v) is 6.34. The molecule has 2 nitrogen and oxygen atoms in total. The lowest BCUT2D eigenvalue weighted by Gasteiger charge is -2.27. The molecule has 3 aliphatic rings. The molecule has 4 unspecified atom stereocenters. The highest BCUT2D eigenvalue weighted by Gasteiger charge is 2.41. The average molecular weight is 194 g/mol. The Hall–Kier alpha value is -0.0800. The van der Waals surface area contributed by atoms with Crippen LogP contribution in [0.2, 0.25) is 0 Å². The number of fused-ring (bicyclic) bond motifs is 1. The van der Waals surface area contributed by atoms with Gasteiger partial charge >= 0.3 is 0 Å². The lowest BCUT2D eigenvalue weighted by molar-refractivity contribution is 0.212. The van der Waals surface area contributed by atoms with Crippen LogP contribution in [-0.2, 0) is 0 Å². The van der Waals surface area contributed by atoms with Crippen LogP contribution in [0, 0.1) is 11.8 Å². The summed E-state index contributed by atoms with van der Waals surface area (Å²) in [6.07, 6.45) is 8.45. The maximum absolute atomic E-state index is 6.17. The molecule has 3 fully saturated rings. The summed E-state index contributed by atoms with van der Waals surface area (Å²) in [5, 5.41) is 0. The first-order valence-electron chi connectivity index (χ1n) is 6.34. The summed E-state index contributed by atoms with van der Waals surface area (Å²) in [5.74, 6) is 2.06. The van der Waals surface area contributed by atoms with Crippen LogP contribution in [0.5, 0.6) is 0 Å². The van der Waals surface area contributed by atoms with Gasteiger partial charge in [0, 0.05) is 25.2 Å².